The molecule has 0 atom stereocenters. The molecule has 2 heterocycles. The van der Waals surface area contributed by atoms with Crippen LogP contribution < -0.4 is 20.3 Å². The number of hydrogen-bond donors (Lipinski definition) is 2. The Balaban J connectivity index is 1.22. The van der Waals surface area contributed by atoms with E-state index in [1.807, 2.05) is 12.1 Å². The first-order valence-electron chi connectivity index (χ1n) is 11.5. The highest BCUT2D eigenvalue weighted by Gasteiger charge is 2.33. The van der Waals surface area contributed by atoms with Gasteiger partial charge in [-0.15, -0.1) is 0 Å². The number of amides is 2. The van der Waals surface area contributed by atoms with E-state index in [1.54, 1.807) is 36.5 Å². The lowest BCUT2D eigenvalue weighted by Gasteiger charge is -2.16. The third kappa shape index (κ3) is 5.86. The van der Waals surface area contributed by atoms with Crippen molar-refractivity contribution in [3.05, 3.63) is 77.4 Å². The maximum absolute atomic E-state index is 13.0. The molecule has 190 valence electrons. The van der Waals surface area contributed by atoms with Crippen molar-refractivity contribution in [3.63, 3.8) is 0 Å². The summed E-state index contributed by atoms with van der Waals surface area (Å²) in [5.41, 5.74) is 0.855. The number of anilines is 3. The van der Waals surface area contributed by atoms with Gasteiger partial charge in [0.1, 0.15) is 17.3 Å². The van der Waals surface area contributed by atoms with Crippen LogP contribution in [0.1, 0.15) is 18.4 Å². The number of benzene rings is 3. The molecule has 1 aromatic heterocycles. The van der Waals surface area contributed by atoms with Crippen LogP contribution in [-0.4, -0.2) is 29.1 Å². The smallest absolute Gasteiger partial charge is 0.417 e. The number of fused-ring (bicyclic) bond motifs is 1. The molecule has 0 aliphatic carbocycles. The Morgan fingerprint density at radius 1 is 0.892 bits per heavy atom. The fourth-order valence-electron chi connectivity index (χ4n) is 4.00. The van der Waals surface area contributed by atoms with Crippen molar-refractivity contribution < 1.29 is 22.7 Å². The van der Waals surface area contributed by atoms with E-state index in [0.29, 0.717) is 17.2 Å². The van der Waals surface area contributed by atoms with Gasteiger partial charge in [-0.1, -0.05) is 11.6 Å². The van der Waals surface area contributed by atoms with Crippen LogP contribution in [0.15, 0.2) is 66.9 Å². The van der Waals surface area contributed by atoms with Crippen LogP contribution in [0.5, 0.6) is 11.5 Å². The van der Waals surface area contributed by atoms with E-state index in [-0.39, 0.29) is 5.69 Å². The fraction of sp³-hybridized carbons (Fsp3) is 0.192. The van der Waals surface area contributed by atoms with E-state index in [9.17, 15) is 18.0 Å². The summed E-state index contributed by atoms with van der Waals surface area (Å²) >= 11 is 5.61. The number of nitrogens with one attached hydrogen (secondary N) is 2. The van der Waals surface area contributed by atoms with Crippen LogP contribution in [-0.2, 0) is 6.18 Å². The number of urea groups is 1. The lowest BCUT2D eigenvalue weighted by molar-refractivity contribution is -0.137. The monoisotopic (exact) mass is 527 g/mol. The maximum Gasteiger partial charge on any atom is 0.417 e. The number of ether oxygens (including phenoxy) is 1. The van der Waals surface area contributed by atoms with Gasteiger partial charge >= 0.3 is 12.2 Å². The highest BCUT2D eigenvalue weighted by atomic mass is 35.5. The first kappa shape index (κ1) is 24.6. The van der Waals surface area contributed by atoms with E-state index in [1.165, 1.54) is 6.07 Å². The highest BCUT2D eigenvalue weighted by Crippen LogP contribution is 2.36. The second kappa shape index (κ2) is 10.1. The van der Waals surface area contributed by atoms with Gasteiger partial charge in [0, 0.05) is 30.5 Å². The minimum absolute atomic E-state index is 0.0403. The van der Waals surface area contributed by atoms with E-state index in [2.05, 4.69) is 20.5 Å². The van der Waals surface area contributed by atoms with Crippen LogP contribution in [0.25, 0.3) is 11.0 Å². The quantitative estimate of drug-likeness (QED) is 0.284. The number of carbonyl (C=O) groups is 1. The molecule has 7 nitrogen and oxygen atoms in total. The summed E-state index contributed by atoms with van der Waals surface area (Å²) in [6.45, 7) is 1.95. The van der Waals surface area contributed by atoms with Crippen LogP contribution in [0.4, 0.5) is 35.2 Å². The number of rotatable bonds is 5. The van der Waals surface area contributed by atoms with Gasteiger partial charge in [-0.2, -0.15) is 13.2 Å². The van der Waals surface area contributed by atoms with Crippen molar-refractivity contribution in [2.24, 2.45) is 0 Å². The zero-order chi connectivity index (χ0) is 26.0. The third-order valence-electron chi connectivity index (χ3n) is 5.81. The Labute approximate surface area is 215 Å². The molecule has 11 heteroatoms. The Bertz CT molecular complexity index is 1440. The molecule has 2 N–H and O–H groups in total. The molecule has 0 bridgehead atoms. The zero-order valence-electron chi connectivity index (χ0n) is 19.3. The van der Waals surface area contributed by atoms with E-state index >= 15 is 0 Å². The van der Waals surface area contributed by atoms with Gasteiger partial charge in [-0.3, -0.25) is 4.98 Å². The number of hydrogen-bond acceptors (Lipinski definition) is 5. The molecule has 1 saturated heterocycles. The lowest BCUT2D eigenvalue weighted by atomic mass is 10.2. The number of halogens is 4. The van der Waals surface area contributed by atoms with Crippen LogP contribution >= 0.6 is 11.6 Å². The van der Waals surface area contributed by atoms with Crippen LogP contribution in [0, 0.1) is 0 Å². The van der Waals surface area contributed by atoms with Crippen LogP contribution in [0.3, 0.4) is 0 Å². The molecular weight excluding hydrogens is 507 g/mol. The van der Waals surface area contributed by atoms with Crippen molar-refractivity contribution in [2.75, 3.05) is 28.6 Å². The molecule has 1 aliphatic heterocycles. The molecule has 2 amide bonds. The largest absolute Gasteiger partial charge is 0.457 e. The number of aromatic nitrogens is 2. The summed E-state index contributed by atoms with van der Waals surface area (Å²) in [6, 6.07) is 14.5. The first-order valence-corrected chi connectivity index (χ1v) is 11.9. The van der Waals surface area contributed by atoms with E-state index in [4.69, 9.17) is 21.3 Å². The van der Waals surface area contributed by atoms with E-state index in [0.717, 1.165) is 54.9 Å². The molecule has 0 unspecified atom stereocenters. The highest BCUT2D eigenvalue weighted by molar-refractivity contribution is 6.31. The normalized spacial score (nSPS) is 13.6. The molecule has 3 aromatic carbocycles. The second-order valence-corrected chi connectivity index (χ2v) is 8.88. The fourth-order valence-corrected chi connectivity index (χ4v) is 4.22. The van der Waals surface area contributed by atoms with Crippen molar-refractivity contribution in [3.8, 4) is 11.5 Å². The summed E-state index contributed by atoms with van der Waals surface area (Å²) in [7, 11) is 0. The summed E-state index contributed by atoms with van der Waals surface area (Å²) in [6.07, 6.45) is -0.544. The molecular formula is C26H21ClF3N5O2. The van der Waals surface area contributed by atoms with Gasteiger partial charge in [0.05, 0.1) is 27.8 Å². The SMILES string of the molecule is O=C(Nc1ccc(Oc2ccc3ncc(N4CCCC4)nc3c2)cc1)Nc1ccc(Cl)c(C(F)(F)F)c1. The number of carbonyl (C=O) groups excluding carboxylic acids is 1. The summed E-state index contributed by atoms with van der Waals surface area (Å²) < 4.78 is 45.0. The number of nitrogens with zero attached hydrogens (tertiary/aromatic N) is 3. The number of alkyl halides is 3. The average molecular weight is 528 g/mol. The second-order valence-electron chi connectivity index (χ2n) is 8.47. The molecule has 5 rings (SSSR count). The standard InChI is InChI=1S/C26H21ClF3N5O2/c27-21-9-5-17(13-20(21)26(28,29)30)33-25(36)32-16-3-6-18(7-4-16)37-19-8-10-22-23(14-19)34-24(15-31-22)35-11-1-2-12-35/h3-10,13-15H,1-2,11-12H2,(H2,32,33,36). The van der Waals surface area contributed by atoms with Gasteiger partial charge in [-0.25, -0.2) is 9.78 Å². The maximum atomic E-state index is 13.0. The third-order valence-corrected chi connectivity index (χ3v) is 6.14. The van der Waals surface area contributed by atoms with Gasteiger partial charge in [0.2, 0.25) is 0 Å². The molecule has 0 saturated carbocycles. The average Bonchev–Trinajstić information content (AvgIpc) is 3.40. The van der Waals surface area contributed by atoms with Gasteiger partial charge in [0.15, 0.2) is 0 Å². The molecule has 4 aromatic rings. The van der Waals surface area contributed by atoms with Crippen LogP contribution in [0.2, 0.25) is 5.02 Å². The molecule has 0 radical (unpaired) electrons. The minimum Gasteiger partial charge on any atom is -0.457 e. The predicted octanol–water partition coefficient (Wildman–Crippen LogP) is 7.34. The predicted molar refractivity (Wildman–Crippen MR) is 137 cm³/mol. The van der Waals surface area contributed by atoms with Crippen molar-refractivity contribution in [1.82, 2.24) is 9.97 Å². The summed E-state index contributed by atoms with van der Waals surface area (Å²) in [5, 5.41) is 4.49. The Kier molecular flexibility index (Phi) is 6.75. The molecule has 1 aliphatic rings. The topological polar surface area (TPSA) is 79.4 Å². The van der Waals surface area contributed by atoms with Crippen molar-refractivity contribution >= 4 is 45.9 Å². The van der Waals surface area contributed by atoms with E-state index < -0.39 is 22.8 Å². The Morgan fingerprint density at radius 3 is 2.30 bits per heavy atom. The van der Waals surface area contributed by atoms with Gasteiger partial charge in [0.25, 0.3) is 0 Å². The first-order chi connectivity index (χ1) is 17.7. The lowest BCUT2D eigenvalue weighted by Crippen LogP contribution is -2.19. The summed E-state index contributed by atoms with van der Waals surface area (Å²) in [5.74, 6) is 1.97. The van der Waals surface area contributed by atoms with Crippen molar-refractivity contribution in [1.29, 1.82) is 0 Å². The minimum atomic E-state index is -4.63. The Morgan fingerprint density at radius 2 is 1.57 bits per heavy atom. The van der Waals surface area contributed by atoms with Gasteiger partial charge in [-0.05, 0) is 67.4 Å². The Hall–Kier alpha value is -4.05. The zero-order valence-corrected chi connectivity index (χ0v) is 20.1. The van der Waals surface area contributed by atoms with Gasteiger partial charge < -0.3 is 20.3 Å². The molecule has 0 spiro atoms. The molecule has 1 fully saturated rings. The van der Waals surface area contributed by atoms with Crippen molar-refractivity contribution in [2.45, 2.75) is 19.0 Å². The summed E-state index contributed by atoms with van der Waals surface area (Å²) in [4.78, 5) is 23.7. The molecule has 37 heavy (non-hydrogen) atoms.